The Morgan fingerprint density at radius 2 is 1.35 bits per heavy atom. The SMILES string of the molecule is C=CC1CCC1(C)C1(C)CCCC(C)C1.C=CC=C.CC.CC.[CH2-]C.[K+]. The number of hydrogen-bond donors (Lipinski definition) is 0. The quantitative estimate of drug-likeness (QED) is 0.238. The normalized spacial score (nSPS) is 30.8. The molecule has 0 aliphatic heterocycles. The van der Waals surface area contributed by atoms with Crippen LogP contribution in [0, 0.1) is 29.6 Å². The Kier molecular flexibility index (Phi) is 27.2. The summed E-state index contributed by atoms with van der Waals surface area (Å²) in [5.74, 6) is 1.72. The average molecular weight is 389 g/mol. The molecule has 0 N–H and O–H groups in total. The zero-order valence-corrected chi connectivity index (χ0v) is 23.1. The molecule has 0 saturated heterocycles. The van der Waals surface area contributed by atoms with Gasteiger partial charge in [-0.1, -0.05) is 92.7 Å². The molecule has 4 atom stereocenters. The molecule has 0 amide bonds. The summed E-state index contributed by atoms with van der Waals surface area (Å²) in [5.41, 5.74) is 1.14. The van der Waals surface area contributed by atoms with Crippen molar-refractivity contribution in [3.05, 3.63) is 44.9 Å². The molecule has 26 heavy (non-hydrogen) atoms. The van der Waals surface area contributed by atoms with Crippen LogP contribution in [0.25, 0.3) is 0 Å². The second-order valence-electron chi connectivity index (χ2n) is 7.03. The smallest absolute Gasteiger partial charge is 0.346 e. The Hall–Kier alpha value is 0.856. The van der Waals surface area contributed by atoms with E-state index in [1.807, 2.05) is 27.7 Å². The molecule has 0 aromatic carbocycles. The Labute approximate surface area is 210 Å². The van der Waals surface area contributed by atoms with Gasteiger partial charge < -0.3 is 6.92 Å². The van der Waals surface area contributed by atoms with Crippen LogP contribution < -0.4 is 51.4 Å². The molecule has 2 aliphatic rings. The Bertz CT molecular complexity index is 327. The minimum Gasteiger partial charge on any atom is -0.346 e. The van der Waals surface area contributed by atoms with Gasteiger partial charge in [-0.3, -0.25) is 0 Å². The first-order chi connectivity index (χ1) is 11.9. The third-order valence-electron chi connectivity index (χ3n) is 5.85. The molecule has 0 bridgehead atoms. The zero-order valence-electron chi connectivity index (χ0n) is 20.0. The van der Waals surface area contributed by atoms with Crippen molar-refractivity contribution in [3.63, 3.8) is 0 Å². The van der Waals surface area contributed by atoms with Gasteiger partial charge in [0.1, 0.15) is 0 Å². The van der Waals surface area contributed by atoms with Crippen LogP contribution in [-0.4, -0.2) is 0 Å². The van der Waals surface area contributed by atoms with Gasteiger partial charge in [0.25, 0.3) is 0 Å². The summed E-state index contributed by atoms with van der Waals surface area (Å²) in [6.45, 7) is 31.2. The van der Waals surface area contributed by atoms with Gasteiger partial charge in [-0.15, -0.1) is 6.58 Å². The number of allylic oxidation sites excluding steroid dienone is 3. The second kappa shape index (κ2) is 20.6. The van der Waals surface area contributed by atoms with E-state index in [4.69, 9.17) is 0 Å². The molecule has 4 unspecified atom stereocenters. The minimum absolute atomic E-state index is 0. The molecule has 0 aromatic rings. The Morgan fingerprint density at radius 3 is 1.62 bits per heavy atom. The van der Waals surface area contributed by atoms with Gasteiger partial charge in [0.2, 0.25) is 0 Å². The molecular formula is C25H49K. The van der Waals surface area contributed by atoms with Crippen LogP contribution >= 0.6 is 0 Å². The van der Waals surface area contributed by atoms with Crippen LogP contribution in [0.5, 0.6) is 0 Å². The van der Waals surface area contributed by atoms with E-state index in [0.717, 1.165) is 11.8 Å². The fraction of sp³-hybridized carbons (Fsp3) is 0.720. The molecule has 2 rings (SSSR count). The van der Waals surface area contributed by atoms with E-state index in [1.54, 1.807) is 19.1 Å². The van der Waals surface area contributed by atoms with Crippen LogP contribution in [0.1, 0.15) is 93.9 Å². The maximum atomic E-state index is 4.02. The summed E-state index contributed by atoms with van der Waals surface area (Å²) in [7, 11) is 0. The molecule has 0 aromatic heterocycles. The van der Waals surface area contributed by atoms with Crippen molar-refractivity contribution in [1.29, 1.82) is 0 Å². The standard InChI is InChI=1S/C15H26.C4H6.2C2H6.C2H5.K/c1-5-13-8-10-15(13,4)14(3)9-6-7-12(2)11-14;1-3-4-2;3*1-2;/h5,12-13H,1,6-11H2,2-4H3;3-4H,1-2H2;2*1-2H3;1H2,2H3;/q;;;;-1;+1. The third-order valence-corrected chi connectivity index (χ3v) is 5.85. The van der Waals surface area contributed by atoms with Gasteiger partial charge in [0, 0.05) is 0 Å². The molecule has 0 heterocycles. The van der Waals surface area contributed by atoms with Crippen molar-refractivity contribution in [3.8, 4) is 0 Å². The van der Waals surface area contributed by atoms with E-state index in [0.29, 0.717) is 10.8 Å². The van der Waals surface area contributed by atoms with Crippen molar-refractivity contribution >= 4 is 0 Å². The van der Waals surface area contributed by atoms with Crippen molar-refractivity contribution in [2.75, 3.05) is 0 Å². The Balaban J connectivity index is -0.000000189. The van der Waals surface area contributed by atoms with Crippen molar-refractivity contribution < 1.29 is 51.4 Å². The summed E-state index contributed by atoms with van der Waals surface area (Å²) in [5, 5.41) is 0. The largest absolute Gasteiger partial charge is 1.00 e. The third kappa shape index (κ3) is 10.4. The first-order valence-corrected chi connectivity index (χ1v) is 10.5. The maximum absolute atomic E-state index is 4.02. The summed E-state index contributed by atoms with van der Waals surface area (Å²) in [6.07, 6.45) is 14.1. The first-order valence-electron chi connectivity index (χ1n) is 10.5. The fourth-order valence-corrected chi connectivity index (χ4v) is 4.20. The van der Waals surface area contributed by atoms with Crippen LogP contribution in [0.2, 0.25) is 0 Å². The maximum Gasteiger partial charge on any atom is 1.00 e. The molecule has 0 radical (unpaired) electrons. The van der Waals surface area contributed by atoms with E-state index < -0.39 is 0 Å². The number of hydrogen-bond acceptors (Lipinski definition) is 0. The van der Waals surface area contributed by atoms with Crippen LogP contribution in [0.3, 0.4) is 0 Å². The van der Waals surface area contributed by atoms with E-state index in [-0.39, 0.29) is 51.4 Å². The summed E-state index contributed by atoms with van der Waals surface area (Å²) < 4.78 is 0. The molecule has 1 heteroatoms. The van der Waals surface area contributed by atoms with Gasteiger partial charge in [0.05, 0.1) is 0 Å². The first kappa shape index (κ1) is 34.4. The summed E-state index contributed by atoms with van der Waals surface area (Å²) in [6, 6.07) is 0. The topological polar surface area (TPSA) is 0 Å². The van der Waals surface area contributed by atoms with Crippen LogP contribution in [0.15, 0.2) is 38.0 Å². The van der Waals surface area contributed by atoms with Gasteiger partial charge >= 0.3 is 51.4 Å². The van der Waals surface area contributed by atoms with E-state index in [2.05, 4.69) is 53.5 Å². The van der Waals surface area contributed by atoms with Crippen LogP contribution in [0.4, 0.5) is 0 Å². The molecule has 2 saturated carbocycles. The van der Waals surface area contributed by atoms with Crippen molar-refractivity contribution in [2.24, 2.45) is 22.7 Å². The monoisotopic (exact) mass is 388 g/mol. The second-order valence-corrected chi connectivity index (χ2v) is 7.03. The molecule has 0 spiro atoms. The average Bonchev–Trinajstić information content (AvgIpc) is 2.65. The van der Waals surface area contributed by atoms with Gasteiger partial charge in [0.15, 0.2) is 0 Å². The van der Waals surface area contributed by atoms with E-state index in [9.17, 15) is 0 Å². The van der Waals surface area contributed by atoms with Gasteiger partial charge in [-0.2, -0.15) is 6.92 Å². The summed E-state index contributed by atoms with van der Waals surface area (Å²) in [4.78, 5) is 0. The van der Waals surface area contributed by atoms with Crippen molar-refractivity contribution in [2.45, 2.75) is 93.9 Å². The van der Waals surface area contributed by atoms with E-state index >= 15 is 0 Å². The summed E-state index contributed by atoms with van der Waals surface area (Å²) >= 11 is 0. The Morgan fingerprint density at radius 1 is 0.885 bits per heavy atom. The minimum atomic E-state index is 0. The molecule has 0 nitrogen and oxygen atoms in total. The molecule has 2 aliphatic carbocycles. The fourth-order valence-electron chi connectivity index (χ4n) is 4.20. The predicted octanol–water partition coefficient (Wildman–Crippen LogP) is 6.06. The molecular weight excluding hydrogens is 339 g/mol. The van der Waals surface area contributed by atoms with Crippen molar-refractivity contribution in [1.82, 2.24) is 0 Å². The number of rotatable bonds is 3. The van der Waals surface area contributed by atoms with E-state index in [1.165, 1.54) is 38.5 Å². The predicted molar refractivity (Wildman–Crippen MR) is 121 cm³/mol. The zero-order chi connectivity index (χ0) is 20.5. The van der Waals surface area contributed by atoms with Gasteiger partial charge in [-0.05, 0) is 48.3 Å². The van der Waals surface area contributed by atoms with Crippen LogP contribution in [-0.2, 0) is 0 Å². The molecule has 150 valence electrons. The molecule has 2 fully saturated rings. The van der Waals surface area contributed by atoms with Gasteiger partial charge in [-0.25, -0.2) is 0 Å².